The SMILES string of the molecule is CCCC(C)OP([O-])(=S)SC(C)CCC.CCCC(C)OP([O-])(=S)SC(C)CCC.[Zn+2]. The molecule has 31 heavy (non-hydrogen) atoms. The topological polar surface area (TPSA) is 64.6 Å². The molecule has 0 amide bonds. The largest absolute Gasteiger partial charge is 2.00 e. The Morgan fingerprint density at radius 3 is 1.13 bits per heavy atom. The Balaban J connectivity index is -0.000000490. The van der Waals surface area contributed by atoms with Crippen LogP contribution < -0.4 is 9.79 Å². The Morgan fingerprint density at radius 2 is 0.903 bits per heavy atom. The fraction of sp³-hybridized carbons (Fsp3) is 1.00. The summed E-state index contributed by atoms with van der Waals surface area (Å²) in [6, 6.07) is 0. The molecule has 0 aromatic carbocycles. The van der Waals surface area contributed by atoms with Crippen LogP contribution in [0, 0.1) is 0 Å². The summed E-state index contributed by atoms with van der Waals surface area (Å²) in [7, 11) is 0. The van der Waals surface area contributed by atoms with Crippen molar-refractivity contribution in [1.82, 2.24) is 0 Å². The zero-order valence-corrected chi connectivity index (χ0v) is 28.9. The van der Waals surface area contributed by atoms with Gasteiger partial charge < -0.3 is 18.8 Å². The van der Waals surface area contributed by atoms with Crippen LogP contribution in [0.2, 0.25) is 0 Å². The number of hydrogen-bond donors (Lipinski definition) is 0. The van der Waals surface area contributed by atoms with E-state index in [1.54, 1.807) is 0 Å². The molecule has 184 valence electrons. The van der Waals surface area contributed by atoms with Gasteiger partial charge in [0.2, 0.25) is 0 Å². The van der Waals surface area contributed by atoms with Gasteiger partial charge in [0.25, 0.3) is 0 Å². The maximum atomic E-state index is 11.9. The molecule has 4 nitrogen and oxygen atoms in total. The van der Waals surface area contributed by atoms with Gasteiger partial charge in [-0.3, -0.25) is 0 Å². The Kier molecular flexibility index (Phi) is 26.6. The molecule has 0 aromatic heterocycles. The summed E-state index contributed by atoms with van der Waals surface area (Å²) in [5.41, 5.74) is -5.73. The predicted octanol–water partition coefficient (Wildman–Crippen LogP) is 7.39. The summed E-state index contributed by atoms with van der Waals surface area (Å²) >= 11 is 12.7. The molecule has 0 aliphatic rings. The standard InChI is InChI=1S/2C10H23O2PS2.Zn/c2*1-5-7-9(3)12-13(11,14)15-10(4)8-6-2;/h2*9-10H,5-8H2,1-4H3,(H,11,14);/q;;+2/p-2. The van der Waals surface area contributed by atoms with Crippen molar-refractivity contribution in [3.63, 3.8) is 0 Å². The molecule has 11 heteroatoms. The second kappa shape index (κ2) is 21.7. The van der Waals surface area contributed by atoms with Crippen LogP contribution in [0.15, 0.2) is 0 Å². The quantitative estimate of drug-likeness (QED) is 0.134. The minimum absolute atomic E-state index is 0. The molecule has 6 unspecified atom stereocenters. The van der Waals surface area contributed by atoms with Crippen molar-refractivity contribution in [3.05, 3.63) is 0 Å². The summed E-state index contributed by atoms with van der Waals surface area (Å²) < 4.78 is 10.9. The van der Waals surface area contributed by atoms with E-state index in [0.717, 1.165) is 51.4 Å². The first-order chi connectivity index (χ1) is 13.8. The zero-order valence-electron chi connectivity index (χ0n) is 20.8. The zero-order chi connectivity index (χ0) is 23.8. The molecule has 0 aliphatic heterocycles. The minimum atomic E-state index is -2.86. The molecule has 0 saturated carbocycles. The van der Waals surface area contributed by atoms with Crippen molar-refractivity contribution in [3.8, 4) is 0 Å². The van der Waals surface area contributed by atoms with Crippen LogP contribution in [0.3, 0.4) is 0 Å². The van der Waals surface area contributed by atoms with Crippen LogP contribution in [0.4, 0.5) is 0 Å². The molecule has 0 spiro atoms. The minimum Gasteiger partial charge on any atom is -0.793 e. The average molecular weight is 604 g/mol. The van der Waals surface area contributed by atoms with Crippen molar-refractivity contribution in [1.29, 1.82) is 0 Å². The molecule has 6 atom stereocenters. The third kappa shape index (κ3) is 25.4. The molecule has 0 saturated heterocycles. The molecule has 0 N–H and O–H groups in total. The molecule has 0 aliphatic carbocycles. The van der Waals surface area contributed by atoms with Crippen LogP contribution in [0.25, 0.3) is 0 Å². The average Bonchev–Trinajstić information content (AvgIpc) is 2.53. The normalized spacial score (nSPS) is 18.9. The number of rotatable bonds is 16. The Morgan fingerprint density at radius 1 is 0.645 bits per heavy atom. The first-order valence-corrected chi connectivity index (χ1v) is 19.4. The maximum Gasteiger partial charge on any atom is 2.00 e. The van der Waals surface area contributed by atoms with Gasteiger partial charge in [-0.2, -0.15) is 0 Å². The summed E-state index contributed by atoms with van der Waals surface area (Å²) in [5.74, 6) is 0. The molecule has 0 rings (SSSR count). The first-order valence-electron chi connectivity index (χ1n) is 11.2. The van der Waals surface area contributed by atoms with Crippen molar-refractivity contribution in [2.45, 2.75) is 129 Å². The van der Waals surface area contributed by atoms with E-state index in [4.69, 9.17) is 32.7 Å². The predicted molar refractivity (Wildman–Crippen MR) is 143 cm³/mol. The van der Waals surface area contributed by atoms with Crippen LogP contribution >= 0.6 is 34.2 Å². The maximum absolute atomic E-state index is 11.9. The van der Waals surface area contributed by atoms with E-state index in [9.17, 15) is 9.79 Å². The van der Waals surface area contributed by atoms with Gasteiger partial charge in [0.05, 0.1) is 12.2 Å². The second-order valence-electron chi connectivity index (χ2n) is 7.71. The van der Waals surface area contributed by atoms with Gasteiger partial charge in [0.15, 0.2) is 0 Å². The van der Waals surface area contributed by atoms with Gasteiger partial charge in [0.1, 0.15) is 0 Å². The van der Waals surface area contributed by atoms with E-state index >= 15 is 0 Å². The van der Waals surface area contributed by atoms with Gasteiger partial charge in [-0.05, 0) is 39.5 Å². The van der Waals surface area contributed by atoms with Crippen molar-refractivity contribution in [2.75, 3.05) is 0 Å². The Hall–Kier alpha value is 2.46. The van der Waals surface area contributed by atoms with E-state index in [1.165, 1.54) is 22.8 Å². The monoisotopic (exact) mass is 602 g/mol. The second-order valence-corrected chi connectivity index (χ2v) is 20.4. The van der Waals surface area contributed by atoms with Crippen LogP contribution in [-0.4, -0.2) is 22.7 Å². The molecular weight excluding hydrogens is 560 g/mol. The van der Waals surface area contributed by atoms with Crippen molar-refractivity contribution >= 4 is 57.8 Å². The molecule has 0 fully saturated rings. The van der Waals surface area contributed by atoms with E-state index in [2.05, 4.69) is 41.5 Å². The van der Waals surface area contributed by atoms with Crippen molar-refractivity contribution in [2.24, 2.45) is 0 Å². The molecule has 0 radical (unpaired) electrons. The van der Waals surface area contributed by atoms with E-state index in [1.807, 2.05) is 13.8 Å². The third-order valence-electron chi connectivity index (χ3n) is 4.02. The number of hydrogen-bond acceptors (Lipinski definition) is 8. The smallest absolute Gasteiger partial charge is 0.793 e. The van der Waals surface area contributed by atoms with E-state index in [-0.39, 0.29) is 31.7 Å². The Labute approximate surface area is 224 Å². The first kappa shape index (κ1) is 38.0. The van der Waals surface area contributed by atoms with E-state index < -0.39 is 11.4 Å². The summed E-state index contributed by atoms with van der Waals surface area (Å²) in [6.07, 6.45) is 8.19. The van der Waals surface area contributed by atoms with Gasteiger partial charge in [-0.15, -0.1) is 22.8 Å². The third-order valence-corrected chi connectivity index (χ3v) is 13.3. The van der Waals surface area contributed by atoms with Gasteiger partial charge in [-0.25, -0.2) is 0 Å². The molecule has 0 heterocycles. The Bertz CT molecular complexity index is 438. The summed E-state index contributed by atoms with van der Waals surface area (Å²) in [5, 5.41) is 0.652. The van der Waals surface area contributed by atoms with Gasteiger partial charge in [0, 0.05) is 21.9 Å². The van der Waals surface area contributed by atoms with Crippen LogP contribution in [-0.2, 0) is 52.1 Å². The molecule has 0 bridgehead atoms. The van der Waals surface area contributed by atoms with Gasteiger partial charge >= 0.3 is 19.5 Å². The van der Waals surface area contributed by atoms with E-state index in [0.29, 0.717) is 10.5 Å². The molecular formula is C20H44O4P2S4Zn. The summed E-state index contributed by atoms with van der Waals surface area (Å²) in [6.45, 7) is 16.4. The molecule has 0 aromatic rings. The van der Waals surface area contributed by atoms with Crippen LogP contribution in [0.1, 0.15) is 107 Å². The van der Waals surface area contributed by atoms with Crippen molar-refractivity contribution < 1.29 is 38.3 Å². The summed E-state index contributed by atoms with van der Waals surface area (Å²) in [4.78, 5) is 23.9. The van der Waals surface area contributed by atoms with Crippen LogP contribution in [0.5, 0.6) is 0 Å². The van der Waals surface area contributed by atoms with Gasteiger partial charge in [-0.1, -0.05) is 90.8 Å². The fourth-order valence-electron chi connectivity index (χ4n) is 2.77. The fourth-order valence-corrected chi connectivity index (χ4v) is 13.5.